The molecule has 0 amide bonds. The normalized spacial score (nSPS) is 22.6. The number of fused-ring (bicyclic) bond motifs is 1. The molecule has 0 unspecified atom stereocenters. The average Bonchev–Trinajstić information content (AvgIpc) is 2.36. The molecule has 0 aliphatic carbocycles. The van der Waals surface area contributed by atoms with Crippen LogP contribution in [0.2, 0.25) is 0 Å². The Morgan fingerprint density at radius 3 is 2.68 bits per heavy atom. The monoisotopic (exact) mass is 261 g/mol. The maximum absolute atomic E-state index is 11.9. The van der Waals surface area contributed by atoms with Crippen molar-refractivity contribution < 1.29 is 9.53 Å². The van der Waals surface area contributed by atoms with Crippen molar-refractivity contribution in [3.63, 3.8) is 0 Å². The molecule has 3 nitrogen and oxygen atoms in total. The molecule has 0 N–H and O–H groups in total. The first-order chi connectivity index (χ1) is 8.88. The fourth-order valence-electron chi connectivity index (χ4n) is 3.42. The fraction of sp³-hybridized carbons (Fsp3) is 0.562. The number of para-hydroxylation sites is 1. The number of hydrogen-bond donors (Lipinski definition) is 0. The van der Waals surface area contributed by atoms with Crippen molar-refractivity contribution in [1.82, 2.24) is 0 Å². The summed E-state index contributed by atoms with van der Waals surface area (Å²) in [5.41, 5.74) is 2.42. The van der Waals surface area contributed by atoms with Crippen LogP contribution < -0.4 is 4.90 Å². The molecule has 1 aromatic carbocycles. The van der Waals surface area contributed by atoms with E-state index in [2.05, 4.69) is 43.9 Å². The van der Waals surface area contributed by atoms with E-state index in [1.165, 1.54) is 12.7 Å². The van der Waals surface area contributed by atoms with Gasteiger partial charge in [-0.2, -0.15) is 0 Å². The third kappa shape index (κ3) is 2.34. The summed E-state index contributed by atoms with van der Waals surface area (Å²) >= 11 is 0. The Labute approximate surface area is 115 Å². The lowest BCUT2D eigenvalue weighted by Crippen LogP contribution is -2.55. The lowest BCUT2D eigenvalue weighted by Gasteiger charge is -2.49. The number of ether oxygens (including phenoxy) is 1. The number of carbonyl (C=O) groups excluding carboxylic acids is 1. The molecule has 1 heterocycles. The van der Waals surface area contributed by atoms with E-state index in [1.807, 2.05) is 13.0 Å². The molecule has 3 heteroatoms. The molecule has 19 heavy (non-hydrogen) atoms. The molecule has 104 valence electrons. The minimum absolute atomic E-state index is 0.0542. The number of nitrogens with zero attached hydrogens (tertiary/aromatic N) is 1. The second-order valence-electron chi connectivity index (χ2n) is 6.05. The van der Waals surface area contributed by atoms with E-state index in [0.29, 0.717) is 5.92 Å². The highest BCUT2D eigenvalue weighted by Gasteiger charge is 2.40. The van der Waals surface area contributed by atoms with Gasteiger partial charge in [-0.25, -0.2) is 4.79 Å². The van der Waals surface area contributed by atoms with Crippen LogP contribution in [0.4, 0.5) is 5.69 Å². The van der Waals surface area contributed by atoms with Crippen LogP contribution in [-0.4, -0.2) is 24.7 Å². The molecule has 0 saturated carbocycles. The summed E-state index contributed by atoms with van der Waals surface area (Å²) < 4.78 is 4.92. The SMILES string of the molecule is COC(=O)[C@H](C)N1c2ccccc2[C@H](C)CC1(C)C. The molecule has 1 aliphatic heterocycles. The Morgan fingerprint density at radius 2 is 2.05 bits per heavy atom. The molecule has 0 aromatic heterocycles. The number of hydrogen-bond acceptors (Lipinski definition) is 3. The van der Waals surface area contributed by atoms with Crippen molar-refractivity contribution in [3.05, 3.63) is 29.8 Å². The largest absolute Gasteiger partial charge is 0.467 e. The van der Waals surface area contributed by atoms with E-state index in [0.717, 1.165) is 12.1 Å². The molecule has 0 bridgehead atoms. The van der Waals surface area contributed by atoms with Crippen LogP contribution in [-0.2, 0) is 9.53 Å². The average molecular weight is 261 g/mol. The number of esters is 1. The first-order valence-corrected chi connectivity index (χ1v) is 6.84. The number of rotatable bonds is 2. The van der Waals surface area contributed by atoms with E-state index >= 15 is 0 Å². The number of methoxy groups -OCH3 is 1. The third-order valence-electron chi connectivity index (χ3n) is 4.11. The van der Waals surface area contributed by atoms with Gasteiger partial charge in [-0.15, -0.1) is 0 Å². The van der Waals surface area contributed by atoms with E-state index < -0.39 is 0 Å². The van der Waals surface area contributed by atoms with Crippen molar-refractivity contribution in [2.45, 2.75) is 51.6 Å². The van der Waals surface area contributed by atoms with Crippen molar-refractivity contribution in [2.24, 2.45) is 0 Å². The van der Waals surface area contributed by atoms with Gasteiger partial charge in [0.25, 0.3) is 0 Å². The highest BCUT2D eigenvalue weighted by atomic mass is 16.5. The smallest absolute Gasteiger partial charge is 0.328 e. The Hall–Kier alpha value is -1.51. The van der Waals surface area contributed by atoms with Crippen LogP contribution in [0.3, 0.4) is 0 Å². The quantitative estimate of drug-likeness (QED) is 0.765. The second-order valence-corrected chi connectivity index (χ2v) is 6.05. The van der Waals surface area contributed by atoms with Crippen molar-refractivity contribution in [1.29, 1.82) is 0 Å². The molecular weight excluding hydrogens is 238 g/mol. The first kappa shape index (κ1) is 13.9. The number of anilines is 1. The molecule has 1 aromatic rings. The van der Waals surface area contributed by atoms with Crippen LogP contribution in [0.5, 0.6) is 0 Å². The van der Waals surface area contributed by atoms with Gasteiger partial charge >= 0.3 is 5.97 Å². The van der Waals surface area contributed by atoms with E-state index in [9.17, 15) is 4.79 Å². The zero-order valence-corrected chi connectivity index (χ0v) is 12.4. The van der Waals surface area contributed by atoms with Crippen LogP contribution in [0.15, 0.2) is 24.3 Å². The van der Waals surface area contributed by atoms with Crippen molar-refractivity contribution in [3.8, 4) is 0 Å². The maximum atomic E-state index is 11.9. The Bertz CT molecular complexity index is 481. The molecule has 0 spiro atoms. The fourth-order valence-corrected chi connectivity index (χ4v) is 3.42. The summed E-state index contributed by atoms with van der Waals surface area (Å²) in [6, 6.07) is 8.09. The predicted molar refractivity (Wildman–Crippen MR) is 77.5 cm³/mol. The molecular formula is C16H23NO2. The van der Waals surface area contributed by atoms with Crippen LogP contribution in [0, 0.1) is 0 Å². The molecule has 0 saturated heterocycles. The Balaban J connectivity index is 2.50. The standard InChI is InChI=1S/C16H23NO2/c1-11-10-16(3,4)17(12(2)15(18)19-5)14-9-7-6-8-13(11)14/h6-9,11-12H,10H2,1-5H3/t11-,12+/m1/s1. The molecule has 0 radical (unpaired) electrons. The first-order valence-electron chi connectivity index (χ1n) is 6.84. The Kier molecular flexibility index (Phi) is 3.57. The minimum Gasteiger partial charge on any atom is -0.467 e. The van der Waals surface area contributed by atoms with Gasteiger partial charge in [0.05, 0.1) is 7.11 Å². The molecule has 1 aliphatic rings. The van der Waals surface area contributed by atoms with E-state index in [4.69, 9.17) is 4.74 Å². The molecule has 2 rings (SSSR count). The van der Waals surface area contributed by atoms with Crippen molar-refractivity contribution in [2.75, 3.05) is 12.0 Å². The third-order valence-corrected chi connectivity index (χ3v) is 4.11. The van der Waals surface area contributed by atoms with E-state index in [1.54, 1.807) is 0 Å². The maximum Gasteiger partial charge on any atom is 0.328 e. The number of carbonyl (C=O) groups is 1. The van der Waals surface area contributed by atoms with Crippen LogP contribution >= 0.6 is 0 Å². The van der Waals surface area contributed by atoms with Gasteiger partial charge in [-0.3, -0.25) is 0 Å². The lowest BCUT2D eigenvalue weighted by molar-refractivity contribution is -0.142. The van der Waals surface area contributed by atoms with Gasteiger partial charge in [-0.05, 0) is 44.7 Å². The summed E-state index contributed by atoms with van der Waals surface area (Å²) in [6.07, 6.45) is 1.03. The highest BCUT2D eigenvalue weighted by molar-refractivity contribution is 5.81. The number of benzene rings is 1. The van der Waals surface area contributed by atoms with Crippen molar-refractivity contribution >= 4 is 11.7 Å². The topological polar surface area (TPSA) is 29.5 Å². The van der Waals surface area contributed by atoms with Gasteiger partial charge in [0.1, 0.15) is 6.04 Å². The molecule has 2 atom stereocenters. The lowest BCUT2D eigenvalue weighted by atomic mass is 9.79. The predicted octanol–water partition coefficient (Wildman–Crippen LogP) is 3.34. The van der Waals surface area contributed by atoms with Gasteiger partial charge in [0.15, 0.2) is 0 Å². The van der Waals surface area contributed by atoms with Crippen LogP contribution in [0.25, 0.3) is 0 Å². The Morgan fingerprint density at radius 1 is 1.42 bits per heavy atom. The zero-order chi connectivity index (χ0) is 14.2. The second kappa shape index (κ2) is 4.87. The minimum atomic E-state index is -0.270. The zero-order valence-electron chi connectivity index (χ0n) is 12.4. The summed E-state index contributed by atoms with van der Waals surface area (Å²) in [7, 11) is 1.45. The van der Waals surface area contributed by atoms with Gasteiger partial charge in [-0.1, -0.05) is 25.1 Å². The van der Waals surface area contributed by atoms with Crippen LogP contribution in [0.1, 0.15) is 45.6 Å². The van der Waals surface area contributed by atoms with Gasteiger partial charge in [0, 0.05) is 11.2 Å². The summed E-state index contributed by atoms with van der Waals surface area (Å²) in [5.74, 6) is 0.324. The summed E-state index contributed by atoms with van der Waals surface area (Å²) in [5, 5.41) is 0. The van der Waals surface area contributed by atoms with E-state index in [-0.39, 0.29) is 17.6 Å². The highest BCUT2D eigenvalue weighted by Crippen LogP contribution is 2.44. The summed E-state index contributed by atoms with van der Waals surface area (Å²) in [4.78, 5) is 14.1. The summed E-state index contributed by atoms with van der Waals surface area (Å²) in [6.45, 7) is 8.55. The van der Waals surface area contributed by atoms with Gasteiger partial charge < -0.3 is 9.64 Å². The molecule has 0 fully saturated rings. The van der Waals surface area contributed by atoms with Gasteiger partial charge in [0.2, 0.25) is 0 Å².